The number of nitrogens with zero attached hydrogens (tertiary/aromatic N) is 2. The lowest BCUT2D eigenvalue weighted by Crippen LogP contribution is -2.38. The number of hydrogen-bond acceptors (Lipinski definition) is 5. The number of hydrogen-bond donors (Lipinski definition) is 1. The molecule has 0 radical (unpaired) electrons. The van der Waals surface area contributed by atoms with Crippen molar-refractivity contribution in [3.63, 3.8) is 0 Å². The Hall–Kier alpha value is -2.58. The fourth-order valence-electron chi connectivity index (χ4n) is 2.81. The van der Waals surface area contributed by atoms with Crippen LogP contribution in [0.25, 0.3) is 0 Å². The van der Waals surface area contributed by atoms with E-state index in [1.807, 2.05) is 30.3 Å². The van der Waals surface area contributed by atoms with Crippen LogP contribution in [0.4, 0.5) is 0 Å². The Morgan fingerprint density at radius 1 is 1.00 bits per heavy atom. The predicted molar refractivity (Wildman–Crippen MR) is 96.2 cm³/mol. The number of fused-ring (bicyclic) bond motifs is 1. The van der Waals surface area contributed by atoms with Gasteiger partial charge in [0, 0.05) is 19.3 Å². The molecule has 8 heteroatoms. The maximum Gasteiger partial charge on any atom is 0.280 e. The van der Waals surface area contributed by atoms with Gasteiger partial charge in [-0.15, -0.1) is 0 Å². The predicted octanol–water partition coefficient (Wildman–Crippen LogP) is 1.23. The maximum atomic E-state index is 12.2. The maximum absolute atomic E-state index is 12.2. The third-order valence-electron chi connectivity index (χ3n) is 4.11. The normalized spacial score (nSPS) is 13.9. The third-order valence-corrected chi connectivity index (χ3v) is 5.58. The minimum Gasteiger partial charge on any atom is -0.272 e. The summed E-state index contributed by atoms with van der Waals surface area (Å²) in [6.45, 7) is -0.0366. The van der Waals surface area contributed by atoms with E-state index in [0.717, 1.165) is 10.5 Å². The molecule has 0 spiro atoms. The van der Waals surface area contributed by atoms with Crippen molar-refractivity contribution in [2.75, 3.05) is 18.8 Å². The number of carbonyl (C=O) groups excluding carboxylic acids is 2. The highest BCUT2D eigenvalue weighted by atomic mass is 32.2. The first-order chi connectivity index (χ1) is 12.5. The van der Waals surface area contributed by atoms with E-state index < -0.39 is 21.8 Å². The zero-order chi connectivity index (χ0) is 18.6. The zero-order valence-electron chi connectivity index (χ0n) is 14.1. The molecule has 1 aliphatic rings. The van der Waals surface area contributed by atoms with Crippen molar-refractivity contribution in [2.24, 2.45) is 0 Å². The van der Waals surface area contributed by atoms with E-state index in [9.17, 15) is 18.0 Å². The molecule has 26 heavy (non-hydrogen) atoms. The summed E-state index contributed by atoms with van der Waals surface area (Å²) < 4.78 is 26.6. The van der Waals surface area contributed by atoms with Gasteiger partial charge in [-0.05, 0) is 30.5 Å². The molecule has 1 aromatic carbocycles. The molecule has 3 rings (SSSR count). The van der Waals surface area contributed by atoms with E-state index in [-0.39, 0.29) is 30.1 Å². The second-order valence-electron chi connectivity index (χ2n) is 5.96. The zero-order valence-corrected chi connectivity index (χ0v) is 14.9. The van der Waals surface area contributed by atoms with Gasteiger partial charge in [0.1, 0.15) is 5.69 Å². The van der Waals surface area contributed by atoms with Crippen LogP contribution in [-0.2, 0) is 16.4 Å². The molecule has 0 atom stereocenters. The number of nitrogens with one attached hydrogen (secondary N) is 1. The average Bonchev–Trinajstić information content (AvgIpc) is 2.88. The van der Waals surface area contributed by atoms with Crippen molar-refractivity contribution in [1.82, 2.24) is 14.6 Å². The first-order valence-electron chi connectivity index (χ1n) is 8.30. The summed E-state index contributed by atoms with van der Waals surface area (Å²) in [6.07, 6.45) is 2.62. The van der Waals surface area contributed by atoms with E-state index in [2.05, 4.69) is 9.71 Å². The van der Waals surface area contributed by atoms with Crippen molar-refractivity contribution >= 4 is 21.8 Å². The van der Waals surface area contributed by atoms with E-state index in [4.69, 9.17) is 0 Å². The summed E-state index contributed by atoms with van der Waals surface area (Å²) in [5.41, 5.74) is 1.45. The summed E-state index contributed by atoms with van der Waals surface area (Å²) in [4.78, 5) is 29.3. The fraction of sp³-hybridized carbons (Fsp3) is 0.278. The number of amides is 2. The lowest BCUT2D eigenvalue weighted by Gasteiger charge is -2.14. The first kappa shape index (κ1) is 18.2. The van der Waals surface area contributed by atoms with Gasteiger partial charge in [0.05, 0.1) is 11.3 Å². The molecular weight excluding hydrogens is 354 g/mol. The van der Waals surface area contributed by atoms with Crippen LogP contribution in [0.15, 0.2) is 48.7 Å². The topological polar surface area (TPSA) is 96.4 Å². The van der Waals surface area contributed by atoms with Crippen LogP contribution in [0.3, 0.4) is 0 Å². The molecular formula is C18H19N3O4S. The number of aromatic nitrogens is 1. The molecule has 1 aromatic heterocycles. The number of benzene rings is 1. The third kappa shape index (κ3) is 4.14. The summed E-state index contributed by atoms with van der Waals surface area (Å²) in [5, 5.41) is 0. The van der Waals surface area contributed by atoms with Gasteiger partial charge in [0.2, 0.25) is 10.0 Å². The van der Waals surface area contributed by atoms with Gasteiger partial charge >= 0.3 is 0 Å². The van der Waals surface area contributed by atoms with Crippen LogP contribution in [0, 0.1) is 0 Å². The van der Waals surface area contributed by atoms with Crippen molar-refractivity contribution < 1.29 is 18.0 Å². The van der Waals surface area contributed by atoms with Gasteiger partial charge in [-0.25, -0.2) is 13.1 Å². The minimum atomic E-state index is -3.46. The Balaban J connectivity index is 1.47. The summed E-state index contributed by atoms with van der Waals surface area (Å²) >= 11 is 0. The van der Waals surface area contributed by atoms with Gasteiger partial charge < -0.3 is 0 Å². The fourth-order valence-corrected chi connectivity index (χ4v) is 3.88. The first-order valence-corrected chi connectivity index (χ1v) is 9.96. The van der Waals surface area contributed by atoms with Crippen molar-refractivity contribution in [2.45, 2.75) is 12.8 Å². The number of sulfonamides is 1. The highest BCUT2D eigenvalue weighted by molar-refractivity contribution is 7.89. The smallest absolute Gasteiger partial charge is 0.272 e. The molecule has 1 N–H and O–H groups in total. The van der Waals surface area contributed by atoms with Gasteiger partial charge in [-0.3, -0.25) is 19.5 Å². The number of pyridine rings is 1. The monoisotopic (exact) mass is 373 g/mol. The Labute approximate surface area is 152 Å². The number of imide groups is 1. The Morgan fingerprint density at radius 3 is 2.50 bits per heavy atom. The van der Waals surface area contributed by atoms with Gasteiger partial charge in [-0.1, -0.05) is 30.3 Å². The standard InChI is InChI=1S/C18H19N3O4S/c22-17-15-9-4-10-19-16(15)18(23)21(17)12-11-20-26(24,25)13-5-8-14-6-2-1-3-7-14/h1-4,6-7,9-10,20H,5,8,11-13H2. The van der Waals surface area contributed by atoms with Crippen LogP contribution < -0.4 is 4.72 Å². The molecule has 0 bridgehead atoms. The molecule has 0 unspecified atom stereocenters. The molecule has 0 fully saturated rings. The highest BCUT2D eigenvalue weighted by Gasteiger charge is 2.36. The molecule has 0 aliphatic carbocycles. The van der Waals surface area contributed by atoms with Crippen molar-refractivity contribution in [3.8, 4) is 0 Å². The summed E-state index contributed by atoms with van der Waals surface area (Å²) in [7, 11) is -3.46. The molecule has 2 aromatic rings. The molecule has 1 aliphatic heterocycles. The number of carbonyl (C=O) groups is 2. The van der Waals surface area contributed by atoms with Crippen LogP contribution in [-0.4, -0.2) is 49.0 Å². The quantitative estimate of drug-likeness (QED) is 0.702. The second kappa shape index (κ2) is 7.76. The second-order valence-corrected chi connectivity index (χ2v) is 7.89. The lowest BCUT2D eigenvalue weighted by atomic mass is 10.1. The number of aryl methyl sites for hydroxylation is 1. The van der Waals surface area contributed by atoms with E-state index in [1.165, 1.54) is 12.3 Å². The molecule has 0 saturated heterocycles. The average molecular weight is 373 g/mol. The van der Waals surface area contributed by atoms with Crippen molar-refractivity contribution in [1.29, 1.82) is 0 Å². The Bertz CT molecular complexity index is 878. The number of rotatable bonds is 8. The molecule has 2 heterocycles. The summed E-state index contributed by atoms with van der Waals surface area (Å²) in [6, 6.07) is 12.8. The molecule has 2 amide bonds. The molecule has 0 saturated carbocycles. The van der Waals surface area contributed by atoms with E-state index >= 15 is 0 Å². The van der Waals surface area contributed by atoms with Gasteiger partial charge in [0.25, 0.3) is 11.8 Å². The Morgan fingerprint density at radius 2 is 1.77 bits per heavy atom. The molecule has 7 nitrogen and oxygen atoms in total. The van der Waals surface area contributed by atoms with Gasteiger partial charge in [0.15, 0.2) is 0 Å². The van der Waals surface area contributed by atoms with E-state index in [1.54, 1.807) is 6.07 Å². The molecule has 136 valence electrons. The highest BCUT2D eigenvalue weighted by Crippen LogP contribution is 2.19. The van der Waals surface area contributed by atoms with Crippen LogP contribution in [0.1, 0.15) is 32.8 Å². The van der Waals surface area contributed by atoms with Crippen molar-refractivity contribution in [3.05, 3.63) is 65.5 Å². The largest absolute Gasteiger partial charge is 0.280 e. The SMILES string of the molecule is O=C1c2cccnc2C(=O)N1CCNS(=O)(=O)CCCc1ccccc1. The Kier molecular flexibility index (Phi) is 5.43. The summed E-state index contributed by atoms with van der Waals surface area (Å²) in [5.74, 6) is -0.943. The van der Waals surface area contributed by atoms with Crippen LogP contribution in [0.5, 0.6) is 0 Å². The van der Waals surface area contributed by atoms with Crippen LogP contribution in [0.2, 0.25) is 0 Å². The van der Waals surface area contributed by atoms with E-state index in [0.29, 0.717) is 12.8 Å². The van der Waals surface area contributed by atoms with Crippen LogP contribution >= 0.6 is 0 Å². The lowest BCUT2D eigenvalue weighted by molar-refractivity contribution is 0.0655. The minimum absolute atomic E-state index is 0.00836. The van der Waals surface area contributed by atoms with Gasteiger partial charge in [-0.2, -0.15) is 0 Å².